The predicted octanol–water partition coefficient (Wildman–Crippen LogP) is 4.42. The number of nitrogens with zero attached hydrogens (tertiary/aromatic N) is 2. The second kappa shape index (κ2) is 11.8. The number of nitrogens with one attached hydrogen (secondary N) is 2. The first kappa shape index (κ1) is 27.6. The molecule has 37 heavy (non-hydrogen) atoms. The Hall–Kier alpha value is -3.96. The molecule has 0 saturated carbocycles. The fourth-order valence-corrected chi connectivity index (χ4v) is 4.29. The Labute approximate surface area is 211 Å². The maximum atomic E-state index is 13.3. The van der Waals surface area contributed by atoms with Gasteiger partial charge in [0.15, 0.2) is 0 Å². The molecule has 2 N–H and O–H groups in total. The maximum absolute atomic E-state index is 13.3. The van der Waals surface area contributed by atoms with Crippen LogP contribution in [0.4, 0.5) is 24.5 Å². The lowest BCUT2D eigenvalue weighted by atomic mass is 10.0. The van der Waals surface area contributed by atoms with E-state index in [9.17, 15) is 37.7 Å². The van der Waals surface area contributed by atoms with Crippen LogP contribution in [0.3, 0.4) is 0 Å². The third kappa shape index (κ3) is 6.83. The van der Waals surface area contributed by atoms with Crippen molar-refractivity contribution in [2.45, 2.75) is 63.8 Å². The molecule has 0 bridgehead atoms. The largest absolute Gasteiger partial charge is 0.416 e. The Morgan fingerprint density at radius 3 is 2.46 bits per heavy atom. The van der Waals surface area contributed by atoms with Crippen LogP contribution in [0.1, 0.15) is 50.2 Å². The average molecular weight is 521 g/mol. The number of alkyl halides is 3. The third-order valence-electron chi connectivity index (χ3n) is 6.15. The van der Waals surface area contributed by atoms with Gasteiger partial charge in [-0.15, -0.1) is 0 Å². The van der Waals surface area contributed by atoms with Gasteiger partial charge in [0, 0.05) is 30.8 Å². The first-order valence-corrected chi connectivity index (χ1v) is 11.8. The molecule has 12 heteroatoms. The number of nitro benzene ring substituents is 1. The molecule has 198 valence electrons. The molecule has 0 spiro atoms. The van der Waals surface area contributed by atoms with Crippen molar-refractivity contribution in [2.75, 3.05) is 5.32 Å². The van der Waals surface area contributed by atoms with Crippen molar-refractivity contribution in [2.24, 2.45) is 0 Å². The number of carbonyl (C=O) groups excluding carboxylic acids is 3. The van der Waals surface area contributed by atoms with E-state index < -0.39 is 53.0 Å². The molecule has 1 aliphatic rings. The summed E-state index contributed by atoms with van der Waals surface area (Å²) in [6, 6.07) is 8.05. The molecule has 3 rings (SSSR count). The van der Waals surface area contributed by atoms with Gasteiger partial charge in [-0.3, -0.25) is 24.5 Å². The highest BCUT2D eigenvalue weighted by Crippen LogP contribution is 2.32. The molecule has 0 aliphatic carbocycles. The number of hydrogen-bond acceptors (Lipinski definition) is 5. The van der Waals surface area contributed by atoms with E-state index in [0.29, 0.717) is 12.8 Å². The summed E-state index contributed by atoms with van der Waals surface area (Å²) in [5.41, 5.74) is -0.844. The summed E-state index contributed by atoms with van der Waals surface area (Å²) in [6.07, 6.45) is -2.92. The fourth-order valence-electron chi connectivity index (χ4n) is 4.29. The number of halogens is 3. The molecule has 1 saturated heterocycles. The Balaban J connectivity index is 1.77. The van der Waals surface area contributed by atoms with Crippen LogP contribution in [0.5, 0.6) is 0 Å². The number of rotatable bonds is 10. The number of hydrogen-bond donors (Lipinski definition) is 2. The van der Waals surface area contributed by atoms with Gasteiger partial charge in [-0.2, -0.15) is 13.2 Å². The Morgan fingerprint density at radius 1 is 1.16 bits per heavy atom. The Bertz CT molecular complexity index is 1150. The summed E-state index contributed by atoms with van der Waals surface area (Å²) in [6.45, 7) is 1.50. The van der Waals surface area contributed by atoms with Gasteiger partial charge in [-0.05, 0) is 36.6 Å². The molecule has 0 radical (unpaired) electrons. The minimum atomic E-state index is -4.59. The number of nitro groups is 1. The van der Waals surface area contributed by atoms with E-state index in [4.69, 9.17) is 0 Å². The minimum absolute atomic E-state index is 0.0329. The van der Waals surface area contributed by atoms with Gasteiger partial charge >= 0.3 is 6.18 Å². The number of likely N-dealkylation sites (tertiary alicyclic amines) is 1. The van der Waals surface area contributed by atoms with Gasteiger partial charge in [0.05, 0.1) is 10.5 Å². The second-order valence-electron chi connectivity index (χ2n) is 8.68. The van der Waals surface area contributed by atoms with Crippen LogP contribution < -0.4 is 10.6 Å². The topological polar surface area (TPSA) is 122 Å². The van der Waals surface area contributed by atoms with Crippen molar-refractivity contribution in [1.82, 2.24) is 10.2 Å². The number of anilines is 1. The van der Waals surface area contributed by atoms with E-state index in [2.05, 4.69) is 10.6 Å². The maximum Gasteiger partial charge on any atom is 0.416 e. The lowest BCUT2D eigenvalue weighted by molar-refractivity contribution is -0.384. The van der Waals surface area contributed by atoms with Gasteiger partial charge < -0.3 is 15.5 Å². The number of non-ortho nitro benzene ring substituents is 1. The summed E-state index contributed by atoms with van der Waals surface area (Å²) in [7, 11) is 0. The van der Waals surface area contributed by atoms with Crippen LogP contribution in [-0.4, -0.2) is 39.6 Å². The minimum Gasteiger partial charge on any atom is -0.350 e. The summed E-state index contributed by atoms with van der Waals surface area (Å²) in [5, 5.41) is 16.0. The monoisotopic (exact) mass is 520 g/mol. The van der Waals surface area contributed by atoms with E-state index in [-0.39, 0.29) is 36.2 Å². The van der Waals surface area contributed by atoms with Crippen molar-refractivity contribution >= 4 is 29.1 Å². The molecular formula is C25H27F3N4O5. The van der Waals surface area contributed by atoms with E-state index in [1.54, 1.807) is 0 Å². The predicted molar refractivity (Wildman–Crippen MR) is 128 cm³/mol. The van der Waals surface area contributed by atoms with E-state index >= 15 is 0 Å². The van der Waals surface area contributed by atoms with Crippen LogP contribution in [0.15, 0.2) is 48.5 Å². The molecule has 9 nitrogen and oxygen atoms in total. The number of amides is 3. The van der Waals surface area contributed by atoms with Gasteiger partial charge in [0.2, 0.25) is 17.7 Å². The lowest BCUT2D eigenvalue weighted by Gasteiger charge is -2.32. The van der Waals surface area contributed by atoms with E-state index in [1.807, 2.05) is 6.92 Å². The summed E-state index contributed by atoms with van der Waals surface area (Å²) in [4.78, 5) is 50.4. The van der Waals surface area contributed by atoms with Crippen LogP contribution in [0, 0.1) is 10.1 Å². The fraction of sp³-hybridized carbons (Fsp3) is 0.400. The first-order chi connectivity index (χ1) is 17.5. The molecular weight excluding hydrogens is 493 g/mol. The van der Waals surface area contributed by atoms with Crippen molar-refractivity contribution in [3.8, 4) is 0 Å². The molecule has 1 heterocycles. The smallest absolute Gasteiger partial charge is 0.350 e. The SMILES string of the molecule is CCCC[C@@H](C(=O)NCc1ccccc1C(F)(F)F)N1C(=O)CCC1C(=O)Nc1ccc([N+](=O)[O-])cc1. The highest BCUT2D eigenvalue weighted by molar-refractivity contribution is 6.00. The summed E-state index contributed by atoms with van der Waals surface area (Å²) in [5.74, 6) is -1.61. The zero-order chi connectivity index (χ0) is 27.2. The molecule has 1 aliphatic heterocycles. The lowest BCUT2D eigenvalue weighted by Crippen LogP contribution is -2.53. The van der Waals surface area contributed by atoms with Gasteiger partial charge in [-0.25, -0.2) is 0 Å². The van der Waals surface area contributed by atoms with Crippen molar-refractivity contribution in [1.29, 1.82) is 0 Å². The molecule has 2 aromatic carbocycles. The zero-order valence-electron chi connectivity index (χ0n) is 20.1. The molecule has 1 unspecified atom stereocenters. The quantitative estimate of drug-likeness (QED) is 0.355. The molecule has 1 fully saturated rings. The van der Waals surface area contributed by atoms with Crippen LogP contribution in [0.25, 0.3) is 0 Å². The average Bonchev–Trinajstić information content (AvgIpc) is 3.24. The standard InChI is InChI=1S/C25H27F3N4O5/c1-2-3-8-20(23(34)29-15-16-6-4-5-7-19(16)25(26,27)28)31-21(13-14-22(31)33)24(35)30-17-9-11-18(12-10-17)32(36)37/h4-7,9-12,20-21H,2-3,8,13-15H2,1H3,(H,29,34)(H,30,35)/t20-,21?/m0/s1. The third-order valence-corrected chi connectivity index (χ3v) is 6.15. The van der Waals surface area contributed by atoms with Gasteiger partial charge in [0.1, 0.15) is 12.1 Å². The summed E-state index contributed by atoms with van der Waals surface area (Å²) < 4.78 is 40.0. The summed E-state index contributed by atoms with van der Waals surface area (Å²) >= 11 is 0. The highest BCUT2D eigenvalue weighted by atomic mass is 19.4. The van der Waals surface area contributed by atoms with Crippen LogP contribution in [-0.2, 0) is 27.1 Å². The van der Waals surface area contributed by atoms with E-state index in [1.165, 1.54) is 47.4 Å². The van der Waals surface area contributed by atoms with Crippen LogP contribution in [0.2, 0.25) is 0 Å². The number of carbonyl (C=O) groups is 3. The van der Waals surface area contributed by atoms with Crippen molar-refractivity contribution in [3.63, 3.8) is 0 Å². The number of unbranched alkanes of at least 4 members (excludes halogenated alkanes) is 1. The number of benzene rings is 2. The zero-order valence-corrected chi connectivity index (χ0v) is 20.1. The molecule has 2 atom stereocenters. The first-order valence-electron chi connectivity index (χ1n) is 11.8. The van der Waals surface area contributed by atoms with Gasteiger partial charge in [-0.1, -0.05) is 38.0 Å². The second-order valence-corrected chi connectivity index (χ2v) is 8.68. The van der Waals surface area contributed by atoms with Gasteiger partial charge in [0.25, 0.3) is 5.69 Å². The van der Waals surface area contributed by atoms with Crippen molar-refractivity contribution < 1.29 is 32.5 Å². The Kier molecular flexibility index (Phi) is 8.85. The molecule has 2 aromatic rings. The molecule has 0 aromatic heterocycles. The van der Waals surface area contributed by atoms with Crippen LogP contribution >= 0.6 is 0 Å². The van der Waals surface area contributed by atoms with Crippen molar-refractivity contribution in [3.05, 3.63) is 69.8 Å². The highest BCUT2D eigenvalue weighted by Gasteiger charge is 2.43. The Morgan fingerprint density at radius 2 is 1.84 bits per heavy atom. The normalized spacial score (nSPS) is 16.4. The molecule has 3 amide bonds. The van der Waals surface area contributed by atoms with E-state index in [0.717, 1.165) is 6.07 Å².